The zero-order valence-corrected chi connectivity index (χ0v) is 27.7. The Morgan fingerprint density at radius 2 is 0.878 bits per heavy atom. The van der Waals surface area contributed by atoms with Crippen molar-refractivity contribution in [1.29, 1.82) is 0 Å². The lowest BCUT2D eigenvalue weighted by atomic mass is 9.80. The second-order valence-electron chi connectivity index (χ2n) is 14.0. The third-order valence-electron chi connectivity index (χ3n) is 11.0. The van der Waals surface area contributed by atoms with Crippen molar-refractivity contribution in [3.63, 3.8) is 0 Å². The maximum Gasteiger partial charge on any atom is 0.0159 e. The van der Waals surface area contributed by atoms with Gasteiger partial charge in [0.15, 0.2) is 0 Å². The van der Waals surface area contributed by atoms with Crippen molar-refractivity contribution >= 4 is 43.1 Å². The zero-order valence-electron chi connectivity index (χ0n) is 27.7. The van der Waals surface area contributed by atoms with E-state index in [1.807, 2.05) is 0 Å². The third kappa shape index (κ3) is 4.11. The first-order valence-electron chi connectivity index (χ1n) is 17.3. The van der Waals surface area contributed by atoms with Gasteiger partial charge in [-0.1, -0.05) is 166 Å². The van der Waals surface area contributed by atoms with E-state index in [1.54, 1.807) is 0 Å². The van der Waals surface area contributed by atoms with Crippen LogP contribution >= 0.6 is 0 Å². The summed E-state index contributed by atoms with van der Waals surface area (Å²) in [6.07, 6.45) is 0. The van der Waals surface area contributed by atoms with Gasteiger partial charge in [-0.15, -0.1) is 0 Å². The minimum Gasteiger partial charge on any atom is -0.0622 e. The van der Waals surface area contributed by atoms with Gasteiger partial charge in [0.25, 0.3) is 0 Å². The predicted molar refractivity (Wildman–Crippen MR) is 210 cm³/mol. The van der Waals surface area contributed by atoms with Gasteiger partial charge in [0.1, 0.15) is 0 Å². The number of hydrogen-bond acceptors (Lipinski definition) is 0. The van der Waals surface area contributed by atoms with Gasteiger partial charge in [0.05, 0.1) is 0 Å². The van der Waals surface area contributed by atoms with Crippen LogP contribution in [0.3, 0.4) is 0 Å². The van der Waals surface area contributed by atoms with Crippen molar-refractivity contribution < 1.29 is 0 Å². The molecule has 9 aromatic carbocycles. The highest BCUT2D eigenvalue weighted by molar-refractivity contribution is 6.23. The SMILES string of the molecule is CC1(C)c2ccccc2-c2ccc(-c3c4ccccc4c(-c4ccccc4)c4cc(-c5cc6ccccc6c6ccccc56)ccc34)cc21. The molecular weight excluding hydrogens is 589 g/mol. The minimum atomic E-state index is -0.0676. The van der Waals surface area contributed by atoms with Crippen LogP contribution in [0.25, 0.3) is 87.6 Å². The highest BCUT2D eigenvalue weighted by Crippen LogP contribution is 2.51. The maximum absolute atomic E-state index is 2.48. The summed E-state index contributed by atoms with van der Waals surface area (Å²) in [5.74, 6) is 0. The zero-order chi connectivity index (χ0) is 32.7. The summed E-state index contributed by atoms with van der Waals surface area (Å²) in [6, 6.07) is 63.2. The van der Waals surface area contributed by atoms with Crippen LogP contribution in [-0.2, 0) is 5.41 Å². The average molecular weight is 623 g/mol. The van der Waals surface area contributed by atoms with E-state index in [4.69, 9.17) is 0 Å². The first kappa shape index (κ1) is 28.1. The standard InChI is InChI=1S/C49H34/c1-49(2)45-23-13-12-20-38(45)39-26-25-34(30-46(39)49)48-41-22-11-10-21-40(41)47(31-14-4-3-5-15-31)44-29-33(24-27-42(44)48)43-28-32-16-6-7-17-35(32)36-18-8-9-19-37(36)43/h3-30H,1-2H3. The van der Waals surface area contributed by atoms with Crippen molar-refractivity contribution in [1.82, 2.24) is 0 Å². The van der Waals surface area contributed by atoms with Crippen LogP contribution in [0.4, 0.5) is 0 Å². The molecule has 1 aliphatic carbocycles. The van der Waals surface area contributed by atoms with Crippen molar-refractivity contribution in [2.45, 2.75) is 19.3 Å². The van der Waals surface area contributed by atoms with Gasteiger partial charge in [0, 0.05) is 5.41 Å². The summed E-state index contributed by atoms with van der Waals surface area (Å²) in [7, 11) is 0. The molecule has 0 aliphatic heterocycles. The predicted octanol–water partition coefficient (Wildman–Crippen LogP) is 13.6. The molecule has 0 spiro atoms. The quantitative estimate of drug-likeness (QED) is 0.136. The Balaban J connectivity index is 1.30. The van der Waals surface area contributed by atoms with Crippen LogP contribution in [0, 0.1) is 0 Å². The molecule has 0 N–H and O–H groups in total. The van der Waals surface area contributed by atoms with Gasteiger partial charge in [-0.05, 0) is 117 Å². The summed E-state index contributed by atoms with van der Waals surface area (Å²) in [5.41, 5.74) is 13.0. The van der Waals surface area contributed by atoms with E-state index >= 15 is 0 Å². The Hall–Kier alpha value is -5.98. The van der Waals surface area contributed by atoms with Crippen molar-refractivity contribution in [3.05, 3.63) is 181 Å². The molecule has 10 rings (SSSR count). The molecule has 0 aromatic heterocycles. The van der Waals surface area contributed by atoms with Gasteiger partial charge in [0.2, 0.25) is 0 Å². The highest BCUT2D eigenvalue weighted by Gasteiger charge is 2.35. The summed E-state index contributed by atoms with van der Waals surface area (Å²) in [5, 5.41) is 10.2. The van der Waals surface area contributed by atoms with Crippen LogP contribution in [0.2, 0.25) is 0 Å². The molecule has 0 heteroatoms. The van der Waals surface area contributed by atoms with Gasteiger partial charge in [-0.2, -0.15) is 0 Å². The molecule has 0 fully saturated rings. The van der Waals surface area contributed by atoms with Crippen LogP contribution in [0.5, 0.6) is 0 Å². The average Bonchev–Trinajstić information content (AvgIpc) is 3.39. The molecular formula is C49H34. The maximum atomic E-state index is 2.48. The Labute approximate surface area is 286 Å². The monoisotopic (exact) mass is 622 g/mol. The highest BCUT2D eigenvalue weighted by atomic mass is 14.4. The normalized spacial score (nSPS) is 13.3. The lowest BCUT2D eigenvalue weighted by Crippen LogP contribution is -2.14. The van der Waals surface area contributed by atoms with Gasteiger partial charge < -0.3 is 0 Å². The van der Waals surface area contributed by atoms with Crippen LogP contribution < -0.4 is 0 Å². The Kier molecular flexibility index (Phi) is 6.02. The van der Waals surface area contributed by atoms with E-state index in [2.05, 4.69) is 184 Å². The molecule has 0 saturated carbocycles. The number of rotatable bonds is 3. The molecule has 230 valence electrons. The first-order valence-corrected chi connectivity index (χ1v) is 17.3. The van der Waals surface area contributed by atoms with Crippen molar-refractivity contribution in [3.8, 4) is 44.5 Å². The minimum absolute atomic E-state index is 0.0676. The van der Waals surface area contributed by atoms with Crippen molar-refractivity contribution in [2.75, 3.05) is 0 Å². The molecule has 0 radical (unpaired) electrons. The summed E-state index contributed by atoms with van der Waals surface area (Å²) >= 11 is 0. The molecule has 1 aliphatic rings. The lowest BCUT2D eigenvalue weighted by molar-refractivity contribution is 0.660. The Bertz CT molecular complexity index is 2780. The van der Waals surface area contributed by atoms with E-state index in [9.17, 15) is 0 Å². The van der Waals surface area contributed by atoms with Crippen LogP contribution in [0.15, 0.2) is 170 Å². The molecule has 0 heterocycles. The van der Waals surface area contributed by atoms with E-state index in [-0.39, 0.29) is 5.41 Å². The molecule has 0 nitrogen and oxygen atoms in total. The second-order valence-corrected chi connectivity index (χ2v) is 14.0. The van der Waals surface area contributed by atoms with E-state index in [0.717, 1.165) is 0 Å². The fourth-order valence-corrected chi connectivity index (χ4v) is 8.73. The smallest absolute Gasteiger partial charge is 0.0159 e. The Morgan fingerprint density at radius 1 is 0.306 bits per heavy atom. The van der Waals surface area contributed by atoms with Crippen molar-refractivity contribution in [2.24, 2.45) is 0 Å². The van der Waals surface area contributed by atoms with E-state index in [1.165, 1.54) is 98.7 Å². The first-order chi connectivity index (χ1) is 24.1. The van der Waals surface area contributed by atoms with E-state index < -0.39 is 0 Å². The lowest BCUT2D eigenvalue weighted by Gasteiger charge is -2.23. The number of benzene rings is 9. The number of fused-ring (bicyclic) bond motifs is 8. The largest absolute Gasteiger partial charge is 0.0622 e. The molecule has 0 atom stereocenters. The molecule has 9 aromatic rings. The molecule has 49 heavy (non-hydrogen) atoms. The summed E-state index contributed by atoms with van der Waals surface area (Å²) in [6.45, 7) is 4.74. The van der Waals surface area contributed by atoms with Gasteiger partial charge >= 0.3 is 0 Å². The number of hydrogen-bond donors (Lipinski definition) is 0. The van der Waals surface area contributed by atoms with Gasteiger partial charge in [-0.25, -0.2) is 0 Å². The van der Waals surface area contributed by atoms with Crippen LogP contribution in [-0.4, -0.2) is 0 Å². The Morgan fingerprint density at radius 3 is 1.67 bits per heavy atom. The molecule has 0 unspecified atom stereocenters. The summed E-state index contributed by atoms with van der Waals surface area (Å²) in [4.78, 5) is 0. The molecule has 0 bridgehead atoms. The summed E-state index contributed by atoms with van der Waals surface area (Å²) < 4.78 is 0. The fraction of sp³-hybridized carbons (Fsp3) is 0.0612. The topological polar surface area (TPSA) is 0 Å². The van der Waals surface area contributed by atoms with Gasteiger partial charge in [-0.3, -0.25) is 0 Å². The molecule has 0 amide bonds. The third-order valence-corrected chi connectivity index (χ3v) is 11.0. The second kappa shape index (κ2) is 10.5. The molecule has 0 saturated heterocycles. The fourth-order valence-electron chi connectivity index (χ4n) is 8.73. The van der Waals surface area contributed by atoms with Crippen LogP contribution in [0.1, 0.15) is 25.0 Å². The van der Waals surface area contributed by atoms with E-state index in [0.29, 0.717) is 0 Å².